The molecule has 1 unspecified atom stereocenters. The van der Waals surface area contributed by atoms with Crippen LogP contribution in [0.25, 0.3) is 0 Å². The molecule has 8 heteroatoms. The van der Waals surface area contributed by atoms with Crippen molar-refractivity contribution in [2.24, 2.45) is 0 Å². The van der Waals surface area contributed by atoms with Crippen molar-refractivity contribution in [3.05, 3.63) is 24.3 Å². The van der Waals surface area contributed by atoms with E-state index < -0.39 is 19.9 Å². The van der Waals surface area contributed by atoms with Crippen molar-refractivity contribution in [2.75, 3.05) is 18.8 Å². The SMILES string of the molecule is CCS(=O)(=O)c1cccc(S(=O)(=O)NCC2CCCN2)c1. The standard InChI is InChI=1S/C13H20N2O4S2/c1-2-20(16,17)12-6-3-7-13(9-12)21(18,19)15-10-11-5-4-8-14-11/h3,6-7,9,11,14-15H,2,4-5,8,10H2,1H3. The van der Waals surface area contributed by atoms with E-state index >= 15 is 0 Å². The predicted molar refractivity (Wildman–Crippen MR) is 80.4 cm³/mol. The normalized spacial score (nSPS) is 19.8. The van der Waals surface area contributed by atoms with E-state index in [1.54, 1.807) is 0 Å². The molecule has 1 saturated heterocycles. The highest BCUT2D eigenvalue weighted by atomic mass is 32.2. The topological polar surface area (TPSA) is 92.3 Å². The Balaban J connectivity index is 2.18. The first-order valence-corrected chi connectivity index (χ1v) is 10.0. The molecule has 118 valence electrons. The second-order valence-electron chi connectivity index (χ2n) is 5.02. The smallest absolute Gasteiger partial charge is 0.240 e. The van der Waals surface area contributed by atoms with Crippen molar-refractivity contribution >= 4 is 19.9 Å². The van der Waals surface area contributed by atoms with Crippen molar-refractivity contribution < 1.29 is 16.8 Å². The Hall–Kier alpha value is -0.960. The minimum Gasteiger partial charge on any atom is -0.313 e. The van der Waals surface area contributed by atoms with E-state index in [0.717, 1.165) is 19.4 Å². The summed E-state index contributed by atoms with van der Waals surface area (Å²) in [6.07, 6.45) is 1.98. The lowest BCUT2D eigenvalue weighted by atomic mass is 10.2. The van der Waals surface area contributed by atoms with Gasteiger partial charge in [-0.2, -0.15) is 0 Å². The van der Waals surface area contributed by atoms with Crippen LogP contribution in [0.5, 0.6) is 0 Å². The van der Waals surface area contributed by atoms with Gasteiger partial charge in [-0.25, -0.2) is 21.6 Å². The number of sulfone groups is 1. The molecule has 0 bridgehead atoms. The molecular weight excluding hydrogens is 312 g/mol. The minimum absolute atomic E-state index is 0.0185. The molecular formula is C13H20N2O4S2. The average Bonchev–Trinajstić information content (AvgIpc) is 2.99. The third-order valence-corrected chi connectivity index (χ3v) is 6.69. The van der Waals surface area contributed by atoms with Crippen LogP contribution in [-0.2, 0) is 19.9 Å². The fourth-order valence-electron chi connectivity index (χ4n) is 2.23. The van der Waals surface area contributed by atoms with Gasteiger partial charge in [-0.05, 0) is 37.6 Å². The van der Waals surface area contributed by atoms with Gasteiger partial charge in [-0.1, -0.05) is 13.0 Å². The van der Waals surface area contributed by atoms with Crippen molar-refractivity contribution in [1.29, 1.82) is 0 Å². The Kier molecular flexibility index (Phi) is 5.03. The molecule has 1 aliphatic rings. The summed E-state index contributed by atoms with van der Waals surface area (Å²) in [5.74, 6) is -0.0596. The van der Waals surface area contributed by atoms with E-state index in [4.69, 9.17) is 0 Å². The van der Waals surface area contributed by atoms with Crippen LogP contribution in [-0.4, -0.2) is 41.7 Å². The second-order valence-corrected chi connectivity index (χ2v) is 9.07. The van der Waals surface area contributed by atoms with Crippen molar-refractivity contribution in [3.8, 4) is 0 Å². The van der Waals surface area contributed by atoms with Crippen molar-refractivity contribution in [3.63, 3.8) is 0 Å². The summed E-state index contributed by atoms with van der Waals surface area (Å²) < 4.78 is 50.6. The van der Waals surface area contributed by atoms with Crippen LogP contribution in [0.15, 0.2) is 34.1 Å². The molecule has 0 amide bonds. The van der Waals surface area contributed by atoms with E-state index in [0.29, 0.717) is 6.54 Å². The molecule has 1 aliphatic heterocycles. The Morgan fingerprint density at radius 2 is 1.95 bits per heavy atom. The molecule has 0 aliphatic carbocycles. The molecule has 6 nitrogen and oxygen atoms in total. The van der Waals surface area contributed by atoms with Gasteiger partial charge in [-0.15, -0.1) is 0 Å². The number of hydrogen-bond donors (Lipinski definition) is 2. The predicted octanol–water partition coefficient (Wildman–Crippen LogP) is 0.511. The molecule has 1 heterocycles. The van der Waals surface area contributed by atoms with Gasteiger partial charge in [0.15, 0.2) is 9.84 Å². The highest BCUT2D eigenvalue weighted by Gasteiger charge is 2.21. The van der Waals surface area contributed by atoms with Gasteiger partial charge in [-0.3, -0.25) is 0 Å². The molecule has 1 atom stereocenters. The highest BCUT2D eigenvalue weighted by Crippen LogP contribution is 2.17. The zero-order chi connectivity index (χ0) is 15.5. The summed E-state index contributed by atoms with van der Waals surface area (Å²) in [4.78, 5) is 0.0156. The molecule has 0 spiro atoms. The molecule has 2 rings (SSSR count). The summed E-state index contributed by atoms with van der Waals surface area (Å²) in [5, 5.41) is 3.20. The second kappa shape index (κ2) is 6.43. The van der Waals surface area contributed by atoms with Crippen molar-refractivity contribution in [1.82, 2.24) is 10.0 Å². The Morgan fingerprint density at radius 1 is 1.24 bits per heavy atom. The Bertz CT molecular complexity index is 693. The van der Waals surface area contributed by atoms with E-state index in [1.807, 2.05) is 0 Å². The summed E-state index contributed by atoms with van der Waals surface area (Å²) in [5.41, 5.74) is 0. The molecule has 1 aromatic carbocycles. The summed E-state index contributed by atoms with van der Waals surface area (Å²) in [6, 6.07) is 5.62. The molecule has 1 fully saturated rings. The lowest BCUT2D eigenvalue weighted by molar-refractivity contribution is 0.551. The third kappa shape index (κ3) is 4.03. The van der Waals surface area contributed by atoms with Crippen LogP contribution < -0.4 is 10.0 Å². The van der Waals surface area contributed by atoms with Crippen LogP contribution in [0.2, 0.25) is 0 Å². The third-order valence-electron chi connectivity index (χ3n) is 3.54. The van der Waals surface area contributed by atoms with Crippen LogP contribution in [0.3, 0.4) is 0 Å². The lowest BCUT2D eigenvalue weighted by Gasteiger charge is -2.12. The van der Waals surface area contributed by atoms with Crippen molar-refractivity contribution in [2.45, 2.75) is 35.6 Å². The molecule has 21 heavy (non-hydrogen) atoms. The van der Waals surface area contributed by atoms with Crippen LogP contribution >= 0.6 is 0 Å². The zero-order valence-electron chi connectivity index (χ0n) is 11.9. The van der Waals surface area contributed by atoms with Gasteiger partial charge in [0.25, 0.3) is 0 Å². The summed E-state index contributed by atoms with van der Waals surface area (Å²) in [6.45, 7) is 2.74. The maximum Gasteiger partial charge on any atom is 0.240 e. The van der Waals surface area contributed by atoms with Gasteiger partial charge in [0, 0.05) is 12.6 Å². The van der Waals surface area contributed by atoms with Gasteiger partial charge in [0.05, 0.1) is 15.5 Å². The van der Waals surface area contributed by atoms with Crippen LogP contribution in [0, 0.1) is 0 Å². The summed E-state index contributed by atoms with van der Waals surface area (Å²) >= 11 is 0. The van der Waals surface area contributed by atoms with Gasteiger partial charge >= 0.3 is 0 Å². The molecule has 1 aromatic rings. The first-order chi connectivity index (χ1) is 9.85. The fourth-order valence-corrected chi connectivity index (χ4v) is 4.35. The maximum atomic E-state index is 12.2. The van der Waals surface area contributed by atoms with E-state index in [2.05, 4.69) is 10.0 Å². The molecule has 0 saturated carbocycles. The van der Waals surface area contributed by atoms with E-state index in [9.17, 15) is 16.8 Å². The van der Waals surface area contributed by atoms with Gasteiger partial charge < -0.3 is 5.32 Å². The number of nitrogens with one attached hydrogen (secondary N) is 2. The molecule has 0 aromatic heterocycles. The fraction of sp³-hybridized carbons (Fsp3) is 0.538. The molecule has 2 N–H and O–H groups in total. The Morgan fingerprint density at radius 3 is 2.57 bits per heavy atom. The van der Waals surface area contributed by atoms with Crippen LogP contribution in [0.4, 0.5) is 0 Å². The van der Waals surface area contributed by atoms with Gasteiger partial charge in [0.1, 0.15) is 0 Å². The first-order valence-electron chi connectivity index (χ1n) is 6.91. The quantitative estimate of drug-likeness (QED) is 0.792. The van der Waals surface area contributed by atoms with E-state index in [1.165, 1.54) is 31.2 Å². The number of benzene rings is 1. The number of hydrogen-bond acceptors (Lipinski definition) is 5. The summed E-state index contributed by atoms with van der Waals surface area (Å²) in [7, 11) is -7.11. The number of rotatable bonds is 6. The zero-order valence-corrected chi connectivity index (χ0v) is 13.5. The average molecular weight is 332 g/mol. The minimum atomic E-state index is -3.69. The Labute approximate surface area is 125 Å². The highest BCUT2D eigenvalue weighted by molar-refractivity contribution is 7.91. The van der Waals surface area contributed by atoms with Crippen LogP contribution in [0.1, 0.15) is 19.8 Å². The number of sulfonamides is 1. The molecule has 0 radical (unpaired) electrons. The van der Waals surface area contributed by atoms with Gasteiger partial charge in [0.2, 0.25) is 10.0 Å². The maximum absolute atomic E-state index is 12.2. The largest absolute Gasteiger partial charge is 0.313 e. The monoisotopic (exact) mass is 332 g/mol. The first kappa shape index (κ1) is 16.4. The van der Waals surface area contributed by atoms with E-state index in [-0.39, 0.29) is 21.6 Å². The lowest BCUT2D eigenvalue weighted by Crippen LogP contribution is -2.37.